The molecule has 0 saturated heterocycles. The molecule has 0 aliphatic carbocycles. The van der Waals surface area contributed by atoms with E-state index in [2.05, 4.69) is 4.72 Å². The van der Waals surface area contributed by atoms with Gasteiger partial charge in [-0.25, -0.2) is 8.42 Å². The number of benzene rings is 4. The summed E-state index contributed by atoms with van der Waals surface area (Å²) in [6.07, 6.45) is -19.5. The summed E-state index contributed by atoms with van der Waals surface area (Å²) < 4.78 is 181. The Morgan fingerprint density at radius 3 is 1.32 bits per heavy atom. The molecule has 0 aromatic heterocycles. The first-order valence-electron chi connectivity index (χ1n) is 17.9. The fraction of sp³-hybridized carbons (Fsp3) is 0.385. The molecule has 0 spiro atoms. The van der Waals surface area contributed by atoms with Crippen molar-refractivity contribution < 1.29 is 71.3 Å². The SMILES string of the molecule is CS(=O)(=O)Nc1ccc2c(c1)CCCN2Cc1ccc(C(O)(C(F)(F)F)C(F)(F)F)cc1.Nc1ccc2c(c1)CCCN2Cc1ccc(C(O)(C(F)(F)F)C(F)(F)F)cc1. The second kappa shape index (κ2) is 16.5. The molecule has 2 aliphatic heterocycles. The fourth-order valence-electron chi connectivity index (χ4n) is 7.10. The van der Waals surface area contributed by atoms with Crippen LogP contribution in [0, 0.1) is 0 Å². The largest absolute Gasteiger partial charge is 0.430 e. The van der Waals surface area contributed by atoms with Gasteiger partial charge in [0.1, 0.15) is 0 Å². The molecule has 328 valence electrons. The van der Waals surface area contributed by atoms with E-state index in [-0.39, 0.29) is 6.54 Å². The molecule has 0 amide bonds. The summed E-state index contributed by atoms with van der Waals surface area (Å²) in [4.78, 5) is 3.89. The van der Waals surface area contributed by atoms with Crippen molar-refractivity contribution in [3.8, 4) is 0 Å². The van der Waals surface area contributed by atoms with E-state index in [1.807, 2.05) is 21.9 Å². The molecule has 0 bridgehead atoms. The van der Waals surface area contributed by atoms with Crippen LogP contribution in [0.3, 0.4) is 0 Å². The topological polar surface area (TPSA) is 119 Å². The molecule has 5 N–H and O–H groups in total. The summed E-state index contributed by atoms with van der Waals surface area (Å²) >= 11 is 0. The monoisotopic (exact) mass is 886 g/mol. The van der Waals surface area contributed by atoms with Crippen LogP contribution in [0.1, 0.15) is 46.2 Å². The summed E-state index contributed by atoms with van der Waals surface area (Å²) in [7, 11) is -3.45. The Morgan fingerprint density at radius 1 is 0.583 bits per heavy atom. The van der Waals surface area contributed by atoms with Gasteiger partial charge in [-0.05, 0) is 84.3 Å². The standard InChI is InChI=1S/C20H20F6N2O3S.C19H18F6N2O/c1-32(30,31)27-16-8-9-17-14(11-16)3-2-10-28(17)12-13-4-6-15(7-5-13)18(29,19(21,22)23)20(24,25)26;20-18(21,22)17(28,19(23,24)25)14-5-3-12(4-6-14)11-27-9-1-2-13-10-15(26)7-8-16(13)27/h4-9,11,27,29H,2-3,10,12H2,1H3;3-8,10,28H,1-2,9,11,26H2. The quantitative estimate of drug-likeness (QED) is 0.103. The van der Waals surface area contributed by atoms with Crippen molar-refractivity contribution in [2.24, 2.45) is 0 Å². The van der Waals surface area contributed by atoms with E-state index in [1.54, 1.807) is 24.3 Å². The molecule has 21 heteroatoms. The van der Waals surface area contributed by atoms with Gasteiger partial charge in [-0.1, -0.05) is 48.5 Å². The zero-order valence-corrected chi connectivity index (χ0v) is 32.2. The van der Waals surface area contributed by atoms with E-state index >= 15 is 0 Å². The first kappa shape index (κ1) is 46.2. The smallest absolute Gasteiger partial charge is 0.399 e. The highest BCUT2D eigenvalue weighted by Crippen LogP contribution is 2.51. The number of aliphatic hydroxyl groups is 2. The third-order valence-corrected chi connectivity index (χ3v) is 10.7. The maximum atomic E-state index is 13.0. The van der Waals surface area contributed by atoms with E-state index < -0.39 is 57.1 Å². The molecule has 4 aromatic rings. The molecule has 0 fully saturated rings. The van der Waals surface area contributed by atoms with Crippen molar-refractivity contribution in [1.29, 1.82) is 0 Å². The molecule has 0 unspecified atom stereocenters. The van der Waals surface area contributed by atoms with Crippen LogP contribution in [-0.2, 0) is 47.2 Å². The first-order valence-corrected chi connectivity index (χ1v) is 19.8. The van der Waals surface area contributed by atoms with Crippen molar-refractivity contribution >= 4 is 32.8 Å². The highest BCUT2D eigenvalue weighted by atomic mass is 32.2. The Labute approximate surface area is 336 Å². The number of nitrogen functional groups attached to an aromatic ring is 1. The number of nitrogens with one attached hydrogen (secondary N) is 1. The van der Waals surface area contributed by atoms with Crippen LogP contribution in [0.5, 0.6) is 0 Å². The van der Waals surface area contributed by atoms with Crippen molar-refractivity contribution in [2.75, 3.05) is 39.6 Å². The third kappa shape index (κ3) is 9.67. The lowest BCUT2D eigenvalue weighted by atomic mass is 9.91. The average Bonchev–Trinajstić information content (AvgIpc) is 3.12. The van der Waals surface area contributed by atoms with Crippen LogP contribution in [0.4, 0.5) is 75.4 Å². The number of nitrogens with two attached hydrogens (primary N) is 1. The van der Waals surface area contributed by atoms with Gasteiger partial charge in [-0.3, -0.25) is 4.72 Å². The lowest BCUT2D eigenvalue weighted by molar-refractivity contribution is -0.376. The summed E-state index contributed by atoms with van der Waals surface area (Å²) in [5.74, 6) is 0. The highest BCUT2D eigenvalue weighted by molar-refractivity contribution is 7.92. The highest BCUT2D eigenvalue weighted by Gasteiger charge is 2.72. The number of hydrogen-bond acceptors (Lipinski definition) is 7. The minimum absolute atomic E-state index is 0.211. The number of sulfonamides is 1. The Kier molecular flexibility index (Phi) is 12.7. The zero-order valence-electron chi connectivity index (χ0n) is 31.4. The van der Waals surface area contributed by atoms with Gasteiger partial charge in [0.25, 0.3) is 11.2 Å². The molecule has 4 aromatic carbocycles. The van der Waals surface area contributed by atoms with Gasteiger partial charge in [0.15, 0.2) is 0 Å². The number of rotatable bonds is 8. The lowest BCUT2D eigenvalue weighted by Crippen LogP contribution is -2.53. The summed E-state index contributed by atoms with van der Waals surface area (Å²) in [6, 6.07) is 17.6. The number of alkyl halides is 12. The minimum Gasteiger partial charge on any atom is -0.399 e. The van der Waals surface area contributed by atoms with Gasteiger partial charge < -0.3 is 25.7 Å². The van der Waals surface area contributed by atoms with Gasteiger partial charge >= 0.3 is 24.7 Å². The Hall–Kier alpha value is -4.89. The van der Waals surface area contributed by atoms with Crippen LogP contribution in [0.2, 0.25) is 0 Å². The summed E-state index contributed by atoms with van der Waals surface area (Å²) in [5, 5.41) is 18.9. The Balaban J connectivity index is 0.000000230. The third-order valence-electron chi connectivity index (χ3n) is 10.0. The number of hydrogen-bond donors (Lipinski definition) is 4. The molecule has 6 rings (SSSR count). The number of halogens is 12. The van der Waals surface area contributed by atoms with Crippen LogP contribution in [-0.4, -0.2) is 62.7 Å². The summed E-state index contributed by atoms with van der Waals surface area (Å²) in [5.41, 5.74) is -1.01. The van der Waals surface area contributed by atoms with Gasteiger partial charge in [-0.15, -0.1) is 0 Å². The van der Waals surface area contributed by atoms with Crippen LogP contribution >= 0.6 is 0 Å². The van der Waals surface area contributed by atoms with Gasteiger partial charge in [-0.2, -0.15) is 52.7 Å². The van der Waals surface area contributed by atoms with E-state index in [9.17, 15) is 71.3 Å². The molecule has 60 heavy (non-hydrogen) atoms. The number of anilines is 4. The number of aryl methyl sites for hydroxylation is 2. The van der Waals surface area contributed by atoms with Crippen molar-refractivity contribution in [1.82, 2.24) is 0 Å². The van der Waals surface area contributed by atoms with Gasteiger partial charge in [0, 0.05) is 60.1 Å². The first-order chi connectivity index (χ1) is 27.5. The molecule has 2 heterocycles. The molecule has 2 aliphatic rings. The second-order valence-corrected chi connectivity index (χ2v) is 16.2. The van der Waals surface area contributed by atoms with Crippen molar-refractivity contribution in [3.63, 3.8) is 0 Å². The Morgan fingerprint density at radius 2 is 0.950 bits per heavy atom. The second-order valence-electron chi connectivity index (χ2n) is 14.5. The Bertz CT molecular complexity index is 2220. The molecular weight excluding hydrogens is 848 g/mol. The van der Waals surface area contributed by atoms with E-state index in [4.69, 9.17) is 5.73 Å². The van der Waals surface area contributed by atoms with E-state index in [0.29, 0.717) is 72.8 Å². The molecule has 0 atom stereocenters. The van der Waals surface area contributed by atoms with Crippen molar-refractivity contribution in [2.45, 2.75) is 74.7 Å². The number of nitrogens with zero attached hydrogens (tertiary/aromatic N) is 2. The maximum Gasteiger partial charge on any atom is 0.430 e. The minimum atomic E-state index is -5.93. The van der Waals surface area contributed by atoms with Crippen LogP contribution < -0.4 is 20.3 Å². The van der Waals surface area contributed by atoms with E-state index in [1.165, 1.54) is 12.1 Å². The predicted molar refractivity (Wildman–Crippen MR) is 199 cm³/mol. The molecule has 8 nitrogen and oxygen atoms in total. The van der Waals surface area contributed by atoms with Gasteiger partial charge in [0.2, 0.25) is 10.0 Å². The van der Waals surface area contributed by atoms with Crippen LogP contribution in [0.25, 0.3) is 0 Å². The fourth-order valence-corrected chi connectivity index (χ4v) is 7.65. The molecule has 0 radical (unpaired) electrons. The lowest BCUT2D eigenvalue weighted by Gasteiger charge is -2.33. The van der Waals surface area contributed by atoms with Crippen molar-refractivity contribution in [3.05, 3.63) is 118 Å². The average molecular weight is 887 g/mol. The van der Waals surface area contributed by atoms with Gasteiger partial charge in [0.05, 0.1) is 6.26 Å². The van der Waals surface area contributed by atoms with Crippen LogP contribution in [0.15, 0.2) is 84.9 Å². The summed E-state index contributed by atoms with van der Waals surface area (Å²) in [6.45, 7) is 1.83. The normalized spacial score (nSPS) is 15.4. The van der Waals surface area contributed by atoms with E-state index in [0.717, 1.165) is 60.2 Å². The molecule has 0 saturated carbocycles. The number of fused-ring (bicyclic) bond motifs is 2. The molecular formula is C39H38F12N4O4S. The maximum absolute atomic E-state index is 13.0. The zero-order chi connectivity index (χ0) is 44.7. The predicted octanol–water partition coefficient (Wildman–Crippen LogP) is 8.86.